The van der Waals surface area contributed by atoms with Gasteiger partial charge in [-0.15, -0.1) is 5.06 Å². The Hall–Kier alpha value is -3.32. The van der Waals surface area contributed by atoms with Crippen LogP contribution < -0.4 is 16.0 Å². The van der Waals surface area contributed by atoms with Gasteiger partial charge in [0.05, 0.1) is 12.7 Å². The molecule has 3 rings (SSSR count). The molecule has 1 heterocycles. The van der Waals surface area contributed by atoms with E-state index in [1.165, 1.54) is 0 Å². The largest absolute Gasteiger partial charge is 0.497 e. The molecule has 7 heteroatoms. The van der Waals surface area contributed by atoms with E-state index in [9.17, 15) is 9.59 Å². The SMILES string of the molecule is COc1ccc(C(=O)C2=C(C)ON(C(=O)NN)C2c2ccccc2)cc1. The molecule has 134 valence electrons. The minimum Gasteiger partial charge on any atom is -0.497 e. The Morgan fingerprint density at radius 1 is 1.12 bits per heavy atom. The molecule has 0 bridgehead atoms. The van der Waals surface area contributed by atoms with Crippen LogP contribution in [0.5, 0.6) is 5.75 Å². The van der Waals surface area contributed by atoms with Gasteiger partial charge in [0, 0.05) is 5.56 Å². The van der Waals surface area contributed by atoms with E-state index in [1.807, 2.05) is 35.8 Å². The molecule has 0 radical (unpaired) electrons. The monoisotopic (exact) mass is 353 g/mol. The number of Topliss-reactive ketones (excluding diaryl/α,β-unsaturated/α-hetero) is 1. The van der Waals surface area contributed by atoms with E-state index < -0.39 is 12.1 Å². The maximum atomic E-state index is 13.1. The fourth-order valence-electron chi connectivity index (χ4n) is 2.90. The number of hydrogen-bond donors (Lipinski definition) is 2. The summed E-state index contributed by atoms with van der Waals surface area (Å²) in [4.78, 5) is 30.8. The van der Waals surface area contributed by atoms with Gasteiger partial charge in [0.1, 0.15) is 17.6 Å². The minimum absolute atomic E-state index is 0.230. The molecule has 1 atom stereocenters. The number of ketones is 1. The van der Waals surface area contributed by atoms with Crippen LogP contribution in [0.15, 0.2) is 65.9 Å². The molecule has 2 amide bonds. The number of methoxy groups -OCH3 is 1. The number of hydrogen-bond acceptors (Lipinski definition) is 5. The third kappa shape index (κ3) is 3.12. The first-order valence-electron chi connectivity index (χ1n) is 7.99. The molecule has 1 unspecified atom stereocenters. The summed E-state index contributed by atoms with van der Waals surface area (Å²) in [5, 5.41) is 1.07. The zero-order valence-electron chi connectivity index (χ0n) is 14.4. The van der Waals surface area contributed by atoms with Gasteiger partial charge < -0.3 is 9.57 Å². The Labute approximate surface area is 150 Å². The summed E-state index contributed by atoms with van der Waals surface area (Å²) in [6.07, 6.45) is 0. The quantitative estimate of drug-likeness (QED) is 0.381. The van der Waals surface area contributed by atoms with E-state index in [0.29, 0.717) is 22.6 Å². The van der Waals surface area contributed by atoms with Crippen molar-refractivity contribution < 1.29 is 19.2 Å². The van der Waals surface area contributed by atoms with Crippen molar-refractivity contribution in [1.82, 2.24) is 10.5 Å². The second-order valence-corrected chi connectivity index (χ2v) is 5.71. The third-order valence-corrected chi connectivity index (χ3v) is 4.16. The van der Waals surface area contributed by atoms with Gasteiger partial charge in [-0.25, -0.2) is 10.6 Å². The molecule has 0 aliphatic carbocycles. The van der Waals surface area contributed by atoms with Crippen LogP contribution in [0.25, 0.3) is 0 Å². The number of nitrogens with one attached hydrogen (secondary N) is 1. The molecule has 0 spiro atoms. The Morgan fingerprint density at radius 3 is 2.35 bits per heavy atom. The summed E-state index contributed by atoms with van der Waals surface area (Å²) in [5.41, 5.74) is 3.64. The number of nitrogens with two attached hydrogens (primary N) is 1. The Kier molecular flexibility index (Phi) is 4.90. The minimum atomic E-state index is -0.700. The molecule has 2 aromatic rings. The molecule has 0 fully saturated rings. The normalized spacial score (nSPS) is 16.3. The van der Waals surface area contributed by atoms with Crippen molar-refractivity contribution in [2.45, 2.75) is 13.0 Å². The number of carbonyl (C=O) groups excluding carboxylic acids is 2. The van der Waals surface area contributed by atoms with E-state index in [2.05, 4.69) is 0 Å². The van der Waals surface area contributed by atoms with Crippen molar-refractivity contribution in [2.24, 2.45) is 5.84 Å². The lowest BCUT2D eigenvalue weighted by atomic mass is 9.92. The predicted molar refractivity (Wildman–Crippen MR) is 94.9 cm³/mol. The highest BCUT2D eigenvalue weighted by molar-refractivity contribution is 6.10. The predicted octanol–water partition coefficient (Wildman–Crippen LogP) is 2.72. The summed E-state index contributed by atoms with van der Waals surface area (Å²) in [7, 11) is 1.56. The number of urea groups is 1. The summed E-state index contributed by atoms with van der Waals surface area (Å²) in [5.74, 6) is 6.04. The van der Waals surface area contributed by atoms with Crippen molar-refractivity contribution in [3.05, 3.63) is 77.1 Å². The maximum absolute atomic E-state index is 13.1. The van der Waals surface area contributed by atoms with Gasteiger partial charge >= 0.3 is 6.03 Å². The number of hydroxylamine groups is 2. The molecule has 1 aliphatic heterocycles. The lowest BCUT2D eigenvalue weighted by Gasteiger charge is -2.24. The fourth-order valence-corrected chi connectivity index (χ4v) is 2.90. The Balaban J connectivity index is 2.03. The van der Waals surface area contributed by atoms with Crippen LogP contribution >= 0.6 is 0 Å². The molecule has 3 N–H and O–H groups in total. The Bertz CT molecular complexity index is 847. The highest BCUT2D eigenvalue weighted by Gasteiger charge is 2.41. The highest BCUT2D eigenvalue weighted by atomic mass is 16.7. The van der Waals surface area contributed by atoms with Crippen LogP contribution in [-0.2, 0) is 4.84 Å². The van der Waals surface area contributed by atoms with Gasteiger partial charge in [0.15, 0.2) is 5.78 Å². The van der Waals surface area contributed by atoms with Crippen LogP contribution in [0.1, 0.15) is 28.9 Å². The molecular weight excluding hydrogens is 334 g/mol. The van der Waals surface area contributed by atoms with Gasteiger partial charge in [-0.2, -0.15) is 0 Å². The van der Waals surface area contributed by atoms with E-state index in [0.717, 1.165) is 10.6 Å². The topological polar surface area (TPSA) is 93.9 Å². The number of carbonyl (C=O) groups is 2. The average molecular weight is 353 g/mol. The molecule has 7 nitrogen and oxygen atoms in total. The van der Waals surface area contributed by atoms with Crippen molar-refractivity contribution >= 4 is 11.8 Å². The van der Waals surface area contributed by atoms with E-state index in [-0.39, 0.29) is 5.78 Å². The average Bonchev–Trinajstić information content (AvgIpc) is 3.04. The van der Waals surface area contributed by atoms with Crippen LogP contribution in [0.4, 0.5) is 4.79 Å². The highest BCUT2D eigenvalue weighted by Crippen LogP contribution is 2.39. The summed E-state index contributed by atoms with van der Waals surface area (Å²) in [6, 6.07) is 14.6. The lowest BCUT2D eigenvalue weighted by Crippen LogP contribution is -2.43. The molecule has 0 saturated carbocycles. The molecule has 0 aromatic heterocycles. The fraction of sp³-hybridized carbons (Fsp3) is 0.158. The Morgan fingerprint density at radius 2 is 1.77 bits per heavy atom. The van der Waals surface area contributed by atoms with Crippen molar-refractivity contribution in [3.63, 3.8) is 0 Å². The van der Waals surface area contributed by atoms with Crippen molar-refractivity contribution in [3.8, 4) is 5.75 Å². The van der Waals surface area contributed by atoms with E-state index >= 15 is 0 Å². The first kappa shape index (κ1) is 17.5. The first-order chi connectivity index (χ1) is 12.6. The van der Waals surface area contributed by atoms with Crippen molar-refractivity contribution in [1.29, 1.82) is 0 Å². The molecule has 26 heavy (non-hydrogen) atoms. The van der Waals surface area contributed by atoms with Crippen LogP contribution in [0, 0.1) is 0 Å². The molecule has 0 saturated heterocycles. The van der Waals surface area contributed by atoms with Gasteiger partial charge in [-0.1, -0.05) is 30.3 Å². The summed E-state index contributed by atoms with van der Waals surface area (Å²) < 4.78 is 5.13. The number of nitrogens with zero attached hydrogens (tertiary/aromatic N) is 1. The van der Waals surface area contributed by atoms with E-state index in [1.54, 1.807) is 38.3 Å². The summed E-state index contributed by atoms with van der Waals surface area (Å²) >= 11 is 0. The number of amides is 2. The van der Waals surface area contributed by atoms with Crippen LogP contribution in [0.3, 0.4) is 0 Å². The molecule has 1 aliphatic rings. The van der Waals surface area contributed by atoms with Gasteiger partial charge in [-0.05, 0) is 36.8 Å². The lowest BCUT2D eigenvalue weighted by molar-refractivity contribution is -0.0720. The third-order valence-electron chi connectivity index (χ3n) is 4.16. The van der Waals surface area contributed by atoms with Gasteiger partial charge in [-0.3, -0.25) is 10.2 Å². The first-order valence-corrected chi connectivity index (χ1v) is 7.99. The van der Waals surface area contributed by atoms with Gasteiger partial charge in [0.2, 0.25) is 0 Å². The van der Waals surface area contributed by atoms with Gasteiger partial charge in [0.25, 0.3) is 0 Å². The second kappa shape index (κ2) is 7.28. The number of rotatable bonds is 4. The second-order valence-electron chi connectivity index (χ2n) is 5.71. The number of ether oxygens (including phenoxy) is 1. The summed E-state index contributed by atoms with van der Waals surface area (Å²) in [6.45, 7) is 1.65. The number of benzene rings is 2. The number of hydrazine groups is 1. The molecule has 2 aromatic carbocycles. The van der Waals surface area contributed by atoms with E-state index in [4.69, 9.17) is 15.4 Å². The molecular formula is C19H19N3O4. The maximum Gasteiger partial charge on any atom is 0.365 e. The number of allylic oxidation sites excluding steroid dienone is 1. The van der Waals surface area contributed by atoms with Crippen molar-refractivity contribution in [2.75, 3.05) is 7.11 Å². The van der Waals surface area contributed by atoms with Crippen LogP contribution in [-0.4, -0.2) is 24.0 Å². The zero-order valence-corrected chi connectivity index (χ0v) is 14.4. The van der Waals surface area contributed by atoms with Crippen LogP contribution in [0.2, 0.25) is 0 Å². The zero-order chi connectivity index (χ0) is 18.7. The smallest absolute Gasteiger partial charge is 0.365 e. The standard InChI is InChI=1S/C19H19N3O4/c1-12-16(18(23)14-8-10-15(25-2)11-9-14)17(13-6-4-3-5-7-13)22(26-12)19(24)21-20/h3-11,17H,20H2,1-2H3,(H,21,24).